The Kier molecular flexibility index (Phi) is 6.20. The molecule has 4 rings (SSSR count). The number of aryl methyl sites for hydroxylation is 1. The lowest BCUT2D eigenvalue weighted by Gasteiger charge is -2.22. The van der Waals surface area contributed by atoms with Gasteiger partial charge in [-0.3, -0.25) is 4.79 Å². The number of benzene rings is 3. The van der Waals surface area contributed by atoms with E-state index >= 15 is 0 Å². The molecule has 0 fully saturated rings. The summed E-state index contributed by atoms with van der Waals surface area (Å²) in [6.45, 7) is 1.81. The number of para-hydroxylation sites is 1. The Hall–Kier alpha value is -2.72. The molecule has 0 saturated heterocycles. The fraction of sp³-hybridized carbons (Fsp3) is 0.240. The van der Waals surface area contributed by atoms with Crippen LogP contribution < -0.4 is 10.1 Å². The largest absolute Gasteiger partial charge is 0.481 e. The second-order valence-corrected chi connectivity index (χ2v) is 8.38. The van der Waals surface area contributed by atoms with Crippen LogP contribution in [0.2, 0.25) is 0 Å². The summed E-state index contributed by atoms with van der Waals surface area (Å²) < 4.78 is 6.09. The highest BCUT2D eigenvalue weighted by atomic mass is 32.2. The second kappa shape index (κ2) is 9.19. The average Bonchev–Trinajstić information content (AvgIpc) is 2.76. The zero-order chi connectivity index (χ0) is 20.1. The summed E-state index contributed by atoms with van der Waals surface area (Å²) in [5.41, 5.74) is 3.42. The first kappa shape index (κ1) is 19.6. The van der Waals surface area contributed by atoms with E-state index in [1.807, 2.05) is 61.5 Å². The van der Waals surface area contributed by atoms with Gasteiger partial charge in [0.2, 0.25) is 0 Å². The topological polar surface area (TPSA) is 38.3 Å². The predicted octanol–water partition coefficient (Wildman–Crippen LogP) is 6.12. The predicted molar refractivity (Wildman–Crippen MR) is 119 cm³/mol. The molecule has 0 aromatic heterocycles. The van der Waals surface area contributed by atoms with Crippen molar-refractivity contribution >= 4 is 23.4 Å². The molecule has 1 aliphatic rings. The molecule has 1 aliphatic carbocycles. The lowest BCUT2D eigenvalue weighted by Crippen LogP contribution is -2.30. The molecular weight excluding hydrogens is 378 g/mol. The summed E-state index contributed by atoms with van der Waals surface area (Å²) in [6.07, 6.45) is 3.95. The Morgan fingerprint density at radius 2 is 1.69 bits per heavy atom. The normalized spacial score (nSPS) is 14.0. The highest BCUT2D eigenvalue weighted by Crippen LogP contribution is 2.34. The fourth-order valence-electron chi connectivity index (χ4n) is 3.61. The van der Waals surface area contributed by atoms with Crippen molar-refractivity contribution in [2.75, 3.05) is 5.32 Å². The number of ether oxygens (including phenoxy) is 1. The molecule has 1 amide bonds. The lowest BCUT2D eigenvalue weighted by molar-refractivity contribution is -0.122. The lowest BCUT2D eigenvalue weighted by atomic mass is 9.91. The standard InChI is InChI=1S/C25H25NO2S/c1-18(28-23-16-9-11-19-10-5-6-14-21(19)23)25(27)26-22-15-7-8-17-24(22)29-20-12-3-2-4-13-20/h2-4,7-9,11-13,15-18H,5-6,10,14H2,1H3,(H,26,27). The summed E-state index contributed by atoms with van der Waals surface area (Å²) in [5.74, 6) is 0.705. The van der Waals surface area contributed by atoms with Gasteiger partial charge in [-0.1, -0.05) is 54.2 Å². The maximum absolute atomic E-state index is 12.8. The maximum Gasteiger partial charge on any atom is 0.265 e. The molecule has 3 aromatic carbocycles. The van der Waals surface area contributed by atoms with Gasteiger partial charge in [-0.05, 0) is 74.1 Å². The summed E-state index contributed by atoms with van der Waals surface area (Å²) >= 11 is 1.63. The van der Waals surface area contributed by atoms with E-state index in [0.29, 0.717) is 0 Å². The summed E-state index contributed by atoms with van der Waals surface area (Å²) in [7, 11) is 0. The van der Waals surface area contributed by atoms with Crippen molar-refractivity contribution in [3.05, 3.63) is 83.9 Å². The van der Waals surface area contributed by atoms with Gasteiger partial charge in [-0.15, -0.1) is 0 Å². The van der Waals surface area contributed by atoms with Crippen molar-refractivity contribution in [3.8, 4) is 5.75 Å². The number of anilines is 1. The molecule has 3 aromatic rings. The molecule has 0 aliphatic heterocycles. The van der Waals surface area contributed by atoms with Crippen LogP contribution in [-0.4, -0.2) is 12.0 Å². The molecule has 4 heteroatoms. The molecule has 29 heavy (non-hydrogen) atoms. The SMILES string of the molecule is CC(Oc1cccc2c1CCCC2)C(=O)Nc1ccccc1Sc1ccccc1. The van der Waals surface area contributed by atoms with Crippen molar-refractivity contribution < 1.29 is 9.53 Å². The smallest absolute Gasteiger partial charge is 0.265 e. The Morgan fingerprint density at radius 1 is 0.931 bits per heavy atom. The number of hydrogen-bond acceptors (Lipinski definition) is 3. The minimum absolute atomic E-state index is 0.139. The van der Waals surface area contributed by atoms with Crippen LogP contribution in [0.3, 0.4) is 0 Å². The third kappa shape index (κ3) is 4.83. The van der Waals surface area contributed by atoms with Crippen LogP contribution in [0.25, 0.3) is 0 Å². The molecular formula is C25H25NO2S. The van der Waals surface area contributed by atoms with E-state index in [9.17, 15) is 4.79 Å². The van der Waals surface area contributed by atoms with Gasteiger partial charge in [-0.2, -0.15) is 0 Å². The van der Waals surface area contributed by atoms with Crippen LogP contribution in [0.5, 0.6) is 5.75 Å². The van der Waals surface area contributed by atoms with Gasteiger partial charge < -0.3 is 10.1 Å². The Bertz CT molecular complexity index is 987. The van der Waals surface area contributed by atoms with Crippen molar-refractivity contribution in [2.24, 2.45) is 0 Å². The maximum atomic E-state index is 12.8. The van der Waals surface area contributed by atoms with Crippen LogP contribution >= 0.6 is 11.8 Å². The van der Waals surface area contributed by atoms with E-state index in [2.05, 4.69) is 23.5 Å². The minimum Gasteiger partial charge on any atom is -0.481 e. The van der Waals surface area contributed by atoms with Crippen molar-refractivity contribution in [1.82, 2.24) is 0 Å². The minimum atomic E-state index is -0.571. The first-order chi connectivity index (χ1) is 14.2. The summed E-state index contributed by atoms with van der Waals surface area (Å²) in [5, 5.41) is 3.05. The van der Waals surface area contributed by atoms with Gasteiger partial charge in [0.1, 0.15) is 5.75 Å². The van der Waals surface area contributed by atoms with Crippen LogP contribution in [0, 0.1) is 0 Å². The molecule has 0 spiro atoms. The molecule has 3 nitrogen and oxygen atoms in total. The Labute approximate surface area is 176 Å². The molecule has 0 saturated carbocycles. The Morgan fingerprint density at radius 3 is 2.55 bits per heavy atom. The van der Waals surface area contributed by atoms with E-state index in [0.717, 1.165) is 34.1 Å². The Balaban J connectivity index is 1.46. The summed E-state index contributed by atoms with van der Waals surface area (Å²) in [6, 6.07) is 24.2. The number of amides is 1. The van der Waals surface area contributed by atoms with Gasteiger partial charge in [0, 0.05) is 9.79 Å². The third-order valence-electron chi connectivity index (χ3n) is 5.14. The van der Waals surface area contributed by atoms with Crippen LogP contribution in [0.15, 0.2) is 82.6 Å². The number of fused-ring (bicyclic) bond motifs is 1. The first-order valence-electron chi connectivity index (χ1n) is 10.1. The van der Waals surface area contributed by atoms with E-state index in [-0.39, 0.29) is 5.91 Å². The van der Waals surface area contributed by atoms with Gasteiger partial charge in [0.15, 0.2) is 6.10 Å². The molecule has 1 unspecified atom stereocenters. The molecule has 148 valence electrons. The average molecular weight is 404 g/mol. The third-order valence-corrected chi connectivity index (χ3v) is 6.23. The molecule has 0 heterocycles. The summed E-state index contributed by atoms with van der Waals surface area (Å²) in [4.78, 5) is 15.0. The van der Waals surface area contributed by atoms with Crippen molar-refractivity contribution in [1.29, 1.82) is 0 Å². The van der Waals surface area contributed by atoms with Crippen molar-refractivity contribution in [2.45, 2.75) is 48.5 Å². The van der Waals surface area contributed by atoms with Crippen LogP contribution in [0.4, 0.5) is 5.69 Å². The van der Waals surface area contributed by atoms with Gasteiger partial charge in [0.25, 0.3) is 5.91 Å². The zero-order valence-electron chi connectivity index (χ0n) is 16.6. The van der Waals surface area contributed by atoms with Gasteiger partial charge in [-0.25, -0.2) is 0 Å². The van der Waals surface area contributed by atoms with Crippen molar-refractivity contribution in [3.63, 3.8) is 0 Å². The quantitative estimate of drug-likeness (QED) is 0.539. The second-order valence-electron chi connectivity index (χ2n) is 7.26. The van der Waals surface area contributed by atoms with Gasteiger partial charge >= 0.3 is 0 Å². The molecule has 0 radical (unpaired) electrons. The van der Waals surface area contributed by atoms with E-state index < -0.39 is 6.10 Å². The fourth-order valence-corrected chi connectivity index (χ4v) is 4.53. The molecule has 1 N–H and O–H groups in total. The number of hydrogen-bond donors (Lipinski definition) is 1. The van der Waals surface area contributed by atoms with Crippen LogP contribution in [-0.2, 0) is 17.6 Å². The first-order valence-corrected chi connectivity index (χ1v) is 10.9. The molecule has 0 bridgehead atoms. The van der Waals surface area contributed by atoms with Gasteiger partial charge in [0.05, 0.1) is 5.69 Å². The number of carbonyl (C=O) groups excluding carboxylic acids is 1. The number of nitrogens with one attached hydrogen (secondary N) is 1. The zero-order valence-corrected chi connectivity index (χ0v) is 17.4. The number of carbonyl (C=O) groups is 1. The highest BCUT2D eigenvalue weighted by Gasteiger charge is 2.20. The highest BCUT2D eigenvalue weighted by molar-refractivity contribution is 7.99. The number of rotatable bonds is 6. The van der Waals surface area contributed by atoms with Crippen LogP contribution in [0.1, 0.15) is 30.9 Å². The van der Waals surface area contributed by atoms with E-state index in [4.69, 9.17) is 4.74 Å². The monoisotopic (exact) mass is 403 g/mol. The molecule has 1 atom stereocenters. The van der Waals surface area contributed by atoms with E-state index in [1.165, 1.54) is 24.0 Å². The van der Waals surface area contributed by atoms with E-state index in [1.54, 1.807) is 11.8 Å².